The highest BCUT2D eigenvalue weighted by atomic mass is 19.1. The molecule has 0 aliphatic carbocycles. The van der Waals surface area contributed by atoms with Gasteiger partial charge in [-0.1, -0.05) is 12.1 Å². The molecule has 0 fully saturated rings. The third-order valence-corrected chi connectivity index (χ3v) is 3.90. The summed E-state index contributed by atoms with van der Waals surface area (Å²) in [6, 6.07) is 11.8. The van der Waals surface area contributed by atoms with E-state index in [-0.39, 0.29) is 11.4 Å². The lowest BCUT2D eigenvalue weighted by molar-refractivity contribution is 0.0936. The number of carbonyl (C=O) groups is 1. The van der Waals surface area contributed by atoms with E-state index in [0.29, 0.717) is 16.7 Å². The fourth-order valence-electron chi connectivity index (χ4n) is 2.50. The van der Waals surface area contributed by atoms with Crippen LogP contribution in [-0.2, 0) is 0 Å². The Bertz CT molecular complexity index is 979. The Labute approximate surface area is 143 Å². The van der Waals surface area contributed by atoms with Gasteiger partial charge in [0, 0.05) is 5.39 Å². The van der Waals surface area contributed by atoms with Crippen LogP contribution in [0.25, 0.3) is 11.0 Å². The number of hydrogen-bond acceptors (Lipinski definition) is 4. The lowest BCUT2D eigenvalue weighted by Gasteiger charge is -2.14. The normalized spacial score (nSPS) is 12.0. The van der Waals surface area contributed by atoms with Crippen LogP contribution in [0.5, 0.6) is 5.75 Å². The fourth-order valence-corrected chi connectivity index (χ4v) is 2.50. The molecule has 0 unspecified atom stereocenters. The number of hydrogen-bond donors (Lipinski definition) is 1. The van der Waals surface area contributed by atoms with Crippen LogP contribution < -0.4 is 15.7 Å². The molecule has 0 spiro atoms. The molecule has 1 N–H and O–H groups in total. The summed E-state index contributed by atoms with van der Waals surface area (Å²) < 4.78 is 23.3. The van der Waals surface area contributed by atoms with Crippen LogP contribution in [0.15, 0.2) is 57.7 Å². The number of amides is 1. The van der Waals surface area contributed by atoms with E-state index in [1.54, 1.807) is 37.3 Å². The topological polar surface area (TPSA) is 68.5 Å². The van der Waals surface area contributed by atoms with Crippen molar-refractivity contribution in [1.29, 1.82) is 0 Å². The van der Waals surface area contributed by atoms with Crippen molar-refractivity contribution < 1.29 is 18.3 Å². The van der Waals surface area contributed by atoms with Crippen molar-refractivity contribution in [2.75, 3.05) is 7.11 Å². The smallest absolute Gasteiger partial charge is 0.349 e. The minimum absolute atomic E-state index is 0.102. The Kier molecular flexibility index (Phi) is 4.52. The minimum atomic E-state index is -0.721. The van der Waals surface area contributed by atoms with Crippen LogP contribution in [0.3, 0.4) is 0 Å². The number of carbonyl (C=O) groups excluding carboxylic acids is 1. The average molecular weight is 341 g/mol. The van der Waals surface area contributed by atoms with Crippen molar-refractivity contribution in [1.82, 2.24) is 5.32 Å². The standard InChI is InChI=1S/C19H16FNO4/c1-11(12-3-5-14(20)6-4-12)21-18(22)16-10-13-9-15(24-2)7-8-17(13)25-19(16)23/h3-11H,1-2H3,(H,21,22)/t11-/m1/s1. The molecule has 0 bridgehead atoms. The van der Waals surface area contributed by atoms with Crippen LogP contribution in [0, 0.1) is 5.82 Å². The van der Waals surface area contributed by atoms with Gasteiger partial charge in [-0.25, -0.2) is 9.18 Å². The summed E-state index contributed by atoms with van der Waals surface area (Å²) in [4.78, 5) is 24.5. The zero-order valence-corrected chi connectivity index (χ0v) is 13.7. The summed E-state index contributed by atoms with van der Waals surface area (Å²) >= 11 is 0. The Morgan fingerprint density at radius 2 is 1.88 bits per heavy atom. The Hall–Kier alpha value is -3.15. The van der Waals surface area contributed by atoms with Crippen LogP contribution >= 0.6 is 0 Å². The predicted octanol–water partition coefficient (Wildman–Crippen LogP) is 3.43. The van der Waals surface area contributed by atoms with Crippen LogP contribution in [0.1, 0.15) is 28.9 Å². The number of nitrogens with one attached hydrogen (secondary N) is 1. The summed E-state index contributed by atoms with van der Waals surface area (Å²) in [6.07, 6.45) is 0. The van der Waals surface area contributed by atoms with E-state index in [1.807, 2.05) is 0 Å². The maximum atomic E-state index is 13.0. The lowest BCUT2D eigenvalue weighted by atomic mass is 10.1. The van der Waals surface area contributed by atoms with Gasteiger partial charge in [-0.05, 0) is 48.9 Å². The van der Waals surface area contributed by atoms with Crippen molar-refractivity contribution in [3.05, 3.63) is 75.9 Å². The number of methoxy groups -OCH3 is 1. The first kappa shape index (κ1) is 16.7. The van der Waals surface area contributed by atoms with Crippen LogP contribution in [0.4, 0.5) is 4.39 Å². The van der Waals surface area contributed by atoms with Gasteiger partial charge in [0.15, 0.2) is 0 Å². The largest absolute Gasteiger partial charge is 0.497 e. The summed E-state index contributed by atoms with van der Waals surface area (Å²) in [5.41, 5.74) is 0.270. The monoisotopic (exact) mass is 341 g/mol. The first-order valence-electron chi connectivity index (χ1n) is 7.66. The van der Waals surface area contributed by atoms with Gasteiger partial charge in [-0.2, -0.15) is 0 Å². The quantitative estimate of drug-likeness (QED) is 0.738. The van der Waals surface area contributed by atoms with Gasteiger partial charge in [-0.3, -0.25) is 4.79 Å². The molecular weight excluding hydrogens is 325 g/mol. The second-order valence-electron chi connectivity index (χ2n) is 5.60. The molecule has 1 amide bonds. The molecule has 3 aromatic rings. The minimum Gasteiger partial charge on any atom is -0.497 e. The lowest BCUT2D eigenvalue weighted by Crippen LogP contribution is -2.30. The summed E-state index contributed by atoms with van der Waals surface area (Å²) in [7, 11) is 1.53. The highest BCUT2D eigenvalue weighted by Gasteiger charge is 2.17. The molecular formula is C19H16FNO4. The Balaban J connectivity index is 1.89. The molecule has 6 heteroatoms. The Morgan fingerprint density at radius 3 is 2.56 bits per heavy atom. The second kappa shape index (κ2) is 6.76. The molecule has 3 rings (SSSR count). The number of fused-ring (bicyclic) bond motifs is 1. The van der Waals surface area contributed by atoms with E-state index in [0.717, 1.165) is 5.56 Å². The van der Waals surface area contributed by atoms with E-state index in [9.17, 15) is 14.0 Å². The highest BCUT2D eigenvalue weighted by Crippen LogP contribution is 2.20. The fraction of sp³-hybridized carbons (Fsp3) is 0.158. The molecule has 0 saturated carbocycles. The van der Waals surface area contributed by atoms with E-state index >= 15 is 0 Å². The van der Waals surface area contributed by atoms with Crippen molar-refractivity contribution in [2.24, 2.45) is 0 Å². The van der Waals surface area contributed by atoms with Gasteiger partial charge in [0.05, 0.1) is 13.2 Å². The molecule has 128 valence electrons. The van der Waals surface area contributed by atoms with Crippen LogP contribution in [0.2, 0.25) is 0 Å². The maximum Gasteiger partial charge on any atom is 0.349 e. The number of halogens is 1. The number of benzene rings is 2. The van der Waals surface area contributed by atoms with Gasteiger partial charge in [0.25, 0.3) is 5.91 Å². The van der Waals surface area contributed by atoms with Gasteiger partial charge in [-0.15, -0.1) is 0 Å². The first-order valence-corrected chi connectivity index (χ1v) is 7.66. The van der Waals surface area contributed by atoms with Gasteiger partial charge in [0.2, 0.25) is 0 Å². The molecule has 0 saturated heterocycles. The predicted molar refractivity (Wildman–Crippen MR) is 91.3 cm³/mol. The zero-order valence-electron chi connectivity index (χ0n) is 13.7. The summed E-state index contributed by atoms with van der Waals surface area (Å²) in [5, 5.41) is 3.30. The van der Waals surface area contributed by atoms with E-state index in [4.69, 9.17) is 9.15 Å². The van der Waals surface area contributed by atoms with Gasteiger partial charge < -0.3 is 14.5 Å². The molecule has 1 heterocycles. The zero-order chi connectivity index (χ0) is 18.0. The third-order valence-electron chi connectivity index (χ3n) is 3.90. The maximum absolute atomic E-state index is 13.0. The number of rotatable bonds is 4. The Morgan fingerprint density at radius 1 is 1.16 bits per heavy atom. The molecule has 0 aliphatic heterocycles. The molecule has 0 radical (unpaired) electrons. The second-order valence-corrected chi connectivity index (χ2v) is 5.60. The number of ether oxygens (including phenoxy) is 1. The van der Waals surface area contributed by atoms with Gasteiger partial charge in [0.1, 0.15) is 22.7 Å². The highest BCUT2D eigenvalue weighted by molar-refractivity contribution is 5.97. The molecule has 2 aromatic carbocycles. The summed E-state index contributed by atoms with van der Waals surface area (Å²) in [5.74, 6) is -0.325. The van der Waals surface area contributed by atoms with E-state index in [1.165, 1.54) is 25.3 Å². The van der Waals surface area contributed by atoms with Crippen molar-refractivity contribution in [3.63, 3.8) is 0 Å². The average Bonchev–Trinajstić information content (AvgIpc) is 2.61. The van der Waals surface area contributed by atoms with Crippen molar-refractivity contribution in [2.45, 2.75) is 13.0 Å². The first-order chi connectivity index (χ1) is 12.0. The summed E-state index contributed by atoms with van der Waals surface area (Å²) in [6.45, 7) is 1.75. The molecule has 1 atom stereocenters. The van der Waals surface area contributed by atoms with Gasteiger partial charge >= 0.3 is 5.63 Å². The molecule has 1 aromatic heterocycles. The molecule has 25 heavy (non-hydrogen) atoms. The molecule has 0 aliphatic rings. The molecule has 5 nitrogen and oxygen atoms in total. The van der Waals surface area contributed by atoms with Crippen molar-refractivity contribution >= 4 is 16.9 Å². The third kappa shape index (κ3) is 3.52. The SMILES string of the molecule is COc1ccc2oc(=O)c(C(=O)N[C@H](C)c3ccc(F)cc3)cc2c1. The van der Waals surface area contributed by atoms with Crippen molar-refractivity contribution in [3.8, 4) is 5.75 Å². The van der Waals surface area contributed by atoms with E-state index in [2.05, 4.69) is 5.32 Å². The van der Waals surface area contributed by atoms with Crippen LogP contribution in [-0.4, -0.2) is 13.0 Å². The van der Waals surface area contributed by atoms with E-state index < -0.39 is 17.6 Å².